The van der Waals surface area contributed by atoms with Crippen LogP contribution in [-0.4, -0.2) is 22.8 Å². The molecule has 5 heteroatoms. The average molecular weight is 416 g/mol. The summed E-state index contributed by atoms with van der Waals surface area (Å²) in [6.45, 7) is 8.05. The predicted molar refractivity (Wildman–Crippen MR) is 123 cm³/mol. The minimum Gasteiger partial charge on any atom is -0.342 e. The van der Waals surface area contributed by atoms with Crippen molar-refractivity contribution in [2.75, 3.05) is 0 Å². The number of aromatic nitrogens is 1. The van der Waals surface area contributed by atoms with Gasteiger partial charge in [0.1, 0.15) is 6.04 Å². The lowest BCUT2D eigenvalue weighted by Crippen LogP contribution is -2.46. The van der Waals surface area contributed by atoms with Crippen molar-refractivity contribution in [3.63, 3.8) is 0 Å². The van der Waals surface area contributed by atoms with Gasteiger partial charge >= 0.3 is 0 Å². The molecule has 0 fully saturated rings. The van der Waals surface area contributed by atoms with Crippen molar-refractivity contribution in [2.45, 2.75) is 45.2 Å². The van der Waals surface area contributed by atoms with Gasteiger partial charge in [-0.15, -0.1) is 0 Å². The van der Waals surface area contributed by atoms with Gasteiger partial charge in [-0.25, -0.2) is 0 Å². The highest BCUT2D eigenvalue weighted by atomic mass is 16.2. The van der Waals surface area contributed by atoms with E-state index in [-0.39, 0.29) is 17.2 Å². The van der Waals surface area contributed by atoms with Gasteiger partial charge in [0.25, 0.3) is 5.91 Å². The number of pyridine rings is 1. The number of hydrogen-bond donors (Lipinski definition) is 2. The summed E-state index contributed by atoms with van der Waals surface area (Å²) in [5.74, 6) is -0.559. The Morgan fingerprint density at radius 1 is 0.839 bits per heavy atom. The maximum absolute atomic E-state index is 12.9. The Balaban J connectivity index is 1.70. The molecule has 0 aliphatic heterocycles. The van der Waals surface area contributed by atoms with Crippen molar-refractivity contribution in [3.8, 4) is 0 Å². The molecule has 3 rings (SSSR count). The Kier molecular flexibility index (Phi) is 6.85. The topological polar surface area (TPSA) is 71.1 Å². The van der Waals surface area contributed by atoms with Gasteiger partial charge in [-0.05, 0) is 47.7 Å². The van der Waals surface area contributed by atoms with E-state index in [0.717, 1.165) is 16.8 Å². The van der Waals surface area contributed by atoms with E-state index in [4.69, 9.17) is 0 Å². The van der Waals surface area contributed by atoms with E-state index in [1.54, 1.807) is 25.3 Å². The molecule has 0 aliphatic rings. The number of hydrogen-bond acceptors (Lipinski definition) is 3. The molecule has 3 aromatic rings. The summed E-state index contributed by atoms with van der Waals surface area (Å²) in [6.07, 6.45) is 1.70. The van der Waals surface area contributed by atoms with Crippen LogP contribution < -0.4 is 10.6 Å². The SMILES string of the molecule is CC(NC(=O)c1ccc(C(C)(C)C)cc1)C(=O)NC(c1ccccc1)c1ccccn1. The molecule has 0 radical (unpaired) electrons. The van der Waals surface area contributed by atoms with Crippen molar-refractivity contribution in [1.29, 1.82) is 0 Å². The first-order valence-electron chi connectivity index (χ1n) is 10.4. The second-order valence-corrected chi connectivity index (χ2v) is 8.63. The summed E-state index contributed by atoms with van der Waals surface area (Å²) in [6, 6.07) is 21.6. The van der Waals surface area contributed by atoms with E-state index in [0.29, 0.717) is 5.56 Å². The fourth-order valence-electron chi connectivity index (χ4n) is 3.25. The van der Waals surface area contributed by atoms with Gasteiger partial charge in [0, 0.05) is 11.8 Å². The summed E-state index contributed by atoms with van der Waals surface area (Å²) in [7, 11) is 0. The van der Waals surface area contributed by atoms with E-state index >= 15 is 0 Å². The summed E-state index contributed by atoms with van der Waals surface area (Å²) >= 11 is 0. The van der Waals surface area contributed by atoms with Crippen molar-refractivity contribution in [1.82, 2.24) is 15.6 Å². The first kappa shape index (κ1) is 22.2. The number of amides is 2. The van der Waals surface area contributed by atoms with Crippen LogP contribution in [0.25, 0.3) is 0 Å². The van der Waals surface area contributed by atoms with Crippen LogP contribution in [-0.2, 0) is 10.2 Å². The molecule has 0 aliphatic carbocycles. The lowest BCUT2D eigenvalue weighted by atomic mass is 9.86. The molecule has 2 N–H and O–H groups in total. The number of rotatable bonds is 6. The van der Waals surface area contributed by atoms with E-state index in [2.05, 4.69) is 36.4 Å². The molecule has 160 valence electrons. The van der Waals surface area contributed by atoms with Gasteiger partial charge in [-0.1, -0.05) is 69.3 Å². The molecule has 2 atom stereocenters. The molecule has 5 nitrogen and oxygen atoms in total. The molecular formula is C26H29N3O2. The first-order chi connectivity index (χ1) is 14.8. The normalized spacial score (nSPS) is 13.2. The highest BCUT2D eigenvalue weighted by Crippen LogP contribution is 2.22. The van der Waals surface area contributed by atoms with Gasteiger partial charge in [0.15, 0.2) is 0 Å². The molecule has 1 aromatic heterocycles. The van der Waals surface area contributed by atoms with Crippen LogP contribution in [0.2, 0.25) is 0 Å². The number of nitrogens with one attached hydrogen (secondary N) is 2. The molecule has 2 aromatic carbocycles. The van der Waals surface area contributed by atoms with E-state index in [9.17, 15) is 9.59 Å². The Morgan fingerprint density at radius 3 is 2.06 bits per heavy atom. The summed E-state index contributed by atoms with van der Waals surface area (Å²) in [4.78, 5) is 29.9. The van der Waals surface area contributed by atoms with Gasteiger partial charge < -0.3 is 10.6 Å². The maximum atomic E-state index is 12.9. The van der Waals surface area contributed by atoms with Crippen molar-refractivity contribution in [3.05, 3.63) is 101 Å². The van der Waals surface area contributed by atoms with Crippen LogP contribution in [0, 0.1) is 0 Å². The summed E-state index contributed by atoms with van der Waals surface area (Å²) < 4.78 is 0. The van der Waals surface area contributed by atoms with Crippen LogP contribution in [0.1, 0.15) is 60.9 Å². The molecule has 0 saturated heterocycles. The predicted octanol–water partition coefficient (Wildman–Crippen LogP) is 4.40. The number of benzene rings is 2. The fourth-order valence-corrected chi connectivity index (χ4v) is 3.25. The largest absolute Gasteiger partial charge is 0.342 e. The van der Waals surface area contributed by atoms with Gasteiger partial charge in [0.05, 0.1) is 11.7 Å². The standard InChI is InChI=1S/C26H29N3O2/c1-18(28-25(31)20-13-15-21(16-14-20)26(2,3)4)24(30)29-23(19-10-6-5-7-11-19)22-12-8-9-17-27-22/h5-18,23H,1-4H3,(H,28,31)(H,29,30). The molecule has 0 bridgehead atoms. The third-order valence-electron chi connectivity index (χ3n) is 5.16. The zero-order valence-corrected chi connectivity index (χ0v) is 18.4. The lowest BCUT2D eigenvalue weighted by Gasteiger charge is -2.22. The molecule has 31 heavy (non-hydrogen) atoms. The van der Waals surface area contributed by atoms with Crippen LogP contribution in [0.3, 0.4) is 0 Å². The molecule has 1 heterocycles. The van der Waals surface area contributed by atoms with E-state index in [1.165, 1.54) is 0 Å². The second-order valence-electron chi connectivity index (χ2n) is 8.63. The number of carbonyl (C=O) groups is 2. The molecule has 2 amide bonds. The van der Waals surface area contributed by atoms with Crippen LogP contribution >= 0.6 is 0 Å². The molecule has 0 spiro atoms. The number of carbonyl (C=O) groups excluding carboxylic acids is 2. The van der Waals surface area contributed by atoms with Gasteiger partial charge in [-0.3, -0.25) is 14.6 Å². The monoisotopic (exact) mass is 415 g/mol. The van der Waals surface area contributed by atoms with Crippen molar-refractivity contribution in [2.24, 2.45) is 0 Å². The second kappa shape index (κ2) is 9.56. The zero-order valence-electron chi connectivity index (χ0n) is 18.4. The maximum Gasteiger partial charge on any atom is 0.251 e. The third-order valence-corrected chi connectivity index (χ3v) is 5.16. The summed E-state index contributed by atoms with van der Waals surface area (Å²) in [5, 5.41) is 5.81. The van der Waals surface area contributed by atoms with E-state index in [1.807, 2.05) is 60.7 Å². The van der Waals surface area contributed by atoms with Crippen LogP contribution in [0.15, 0.2) is 79.0 Å². The Bertz CT molecular complexity index is 971. The molecular weight excluding hydrogens is 386 g/mol. The lowest BCUT2D eigenvalue weighted by molar-refractivity contribution is -0.123. The van der Waals surface area contributed by atoms with Crippen molar-refractivity contribution >= 4 is 11.8 Å². The summed E-state index contributed by atoms with van der Waals surface area (Å²) in [5.41, 5.74) is 3.34. The smallest absolute Gasteiger partial charge is 0.251 e. The quantitative estimate of drug-likeness (QED) is 0.627. The Labute approximate surface area is 183 Å². The zero-order chi connectivity index (χ0) is 22.4. The van der Waals surface area contributed by atoms with Gasteiger partial charge in [0.2, 0.25) is 5.91 Å². The fraction of sp³-hybridized carbons (Fsp3) is 0.269. The first-order valence-corrected chi connectivity index (χ1v) is 10.4. The van der Waals surface area contributed by atoms with Gasteiger partial charge in [-0.2, -0.15) is 0 Å². The highest BCUT2D eigenvalue weighted by molar-refractivity contribution is 5.97. The molecule has 2 unspecified atom stereocenters. The third kappa shape index (κ3) is 5.79. The van der Waals surface area contributed by atoms with Crippen LogP contribution in [0.5, 0.6) is 0 Å². The minimum atomic E-state index is -0.704. The highest BCUT2D eigenvalue weighted by Gasteiger charge is 2.23. The number of nitrogens with zero attached hydrogens (tertiary/aromatic N) is 1. The Hall–Kier alpha value is -3.47. The minimum absolute atomic E-state index is 0.0140. The van der Waals surface area contributed by atoms with Crippen LogP contribution in [0.4, 0.5) is 0 Å². The van der Waals surface area contributed by atoms with E-state index < -0.39 is 12.1 Å². The Morgan fingerprint density at radius 2 is 1.48 bits per heavy atom. The van der Waals surface area contributed by atoms with Crippen molar-refractivity contribution < 1.29 is 9.59 Å². The average Bonchev–Trinajstić information content (AvgIpc) is 2.78. The molecule has 0 saturated carbocycles.